The van der Waals surface area contributed by atoms with Crippen molar-refractivity contribution in [2.24, 2.45) is 11.7 Å². The van der Waals surface area contributed by atoms with Crippen LogP contribution >= 0.6 is 0 Å². The third kappa shape index (κ3) is 3.08. The van der Waals surface area contributed by atoms with Crippen LogP contribution < -0.4 is 5.73 Å². The molecule has 0 radical (unpaired) electrons. The summed E-state index contributed by atoms with van der Waals surface area (Å²) in [6, 6.07) is 0. The molecule has 1 aromatic heterocycles. The van der Waals surface area contributed by atoms with E-state index in [1.807, 2.05) is 0 Å². The van der Waals surface area contributed by atoms with Crippen LogP contribution in [-0.4, -0.2) is 10.1 Å². The Morgan fingerprint density at radius 1 is 1.37 bits per heavy atom. The van der Waals surface area contributed by atoms with Crippen molar-refractivity contribution in [3.05, 3.63) is 11.7 Å². The molecule has 1 aliphatic carbocycles. The second-order valence-corrected chi connectivity index (χ2v) is 5.31. The standard InChI is InChI=1S/C12H18F3N3O/c1-2-3-8-4-6-11(16,7-5-8)9-17-10(19-18-9)12(13,14)15/h8H,2-7,16H2,1H3. The first-order chi connectivity index (χ1) is 8.85. The Labute approximate surface area is 109 Å². The first-order valence-corrected chi connectivity index (χ1v) is 6.55. The quantitative estimate of drug-likeness (QED) is 0.921. The molecule has 2 N–H and O–H groups in total. The van der Waals surface area contributed by atoms with Crippen molar-refractivity contribution < 1.29 is 17.7 Å². The summed E-state index contributed by atoms with van der Waals surface area (Å²) in [6.45, 7) is 2.12. The van der Waals surface area contributed by atoms with Gasteiger partial charge in [-0.1, -0.05) is 24.9 Å². The van der Waals surface area contributed by atoms with E-state index in [4.69, 9.17) is 5.73 Å². The average Bonchev–Trinajstić information content (AvgIpc) is 2.82. The maximum Gasteiger partial charge on any atom is 0.471 e. The third-order valence-corrected chi connectivity index (χ3v) is 3.81. The SMILES string of the molecule is CCCC1CCC(N)(c2noc(C(F)(F)F)n2)CC1. The Morgan fingerprint density at radius 2 is 2.00 bits per heavy atom. The van der Waals surface area contributed by atoms with Crippen LogP contribution in [0.5, 0.6) is 0 Å². The summed E-state index contributed by atoms with van der Waals surface area (Å²) in [5.41, 5.74) is 5.27. The van der Waals surface area contributed by atoms with E-state index in [1.165, 1.54) is 0 Å². The summed E-state index contributed by atoms with van der Waals surface area (Å²) in [5.74, 6) is -0.728. The van der Waals surface area contributed by atoms with Gasteiger partial charge in [0.1, 0.15) is 0 Å². The van der Waals surface area contributed by atoms with Gasteiger partial charge in [-0.2, -0.15) is 18.2 Å². The molecule has 1 heterocycles. The maximum atomic E-state index is 12.4. The molecule has 1 saturated carbocycles. The van der Waals surface area contributed by atoms with Crippen molar-refractivity contribution in [3.8, 4) is 0 Å². The molecular weight excluding hydrogens is 259 g/mol. The van der Waals surface area contributed by atoms with Crippen molar-refractivity contribution in [3.63, 3.8) is 0 Å². The number of nitrogens with zero attached hydrogens (tertiary/aromatic N) is 2. The lowest BCUT2D eigenvalue weighted by Gasteiger charge is -2.34. The second-order valence-electron chi connectivity index (χ2n) is 5.31. The van der Waals surface area contributed by atoms with Crippen LogP contribution in [0.15, 0.2) is 4.52 Å². The lowest BCUT2D eigenvalue weighted by Crippen LogP contribution is -2.41. The molecule has 0 atom stereocenters. The van der Waals surface area contributed by atoms with Crippen molar-refractivity contribution in [1.29, 1.82) is 0 Å². The molecular formula is C12H18F3N3O. The summed E-state index contributed by atoms with van der Waals surface area (Å²) in [6.07, 6.45) is 0.656. The minimum Gasteiger partial charge on any atom is -0.329 e. The number of hydrogen-bond acceptors (Lipinski definition) is 4. The fourth-order valence-corrected chi connectivity index (χ4v) is 2.65. The predicted octanol–water partition coefficient (Wildman–Crippen LogP) is 3.23. The minimum absolute atomic E-state index is 0.0187. The Balaban J connectivity index is 2.07. The highest BCUT2D eigenvalue weighted by molar-refractivity contribution is 5.06. The van der Waals surface area contributed by atoms with Crippen LogP contribution in [0.25, 0.3) is 0 Å². The Kier molecular flexibility index (Phi) is 3.85. The van der Waals surface area contributed by atoms with Crippen LogP contribution in [-0.2, 0) is 11.7 Å². The summed E-state index contributed by atoms with van der Waals surface area (Å²) >= 11 is 0. The fraction of sp³-hybridized carbons (Fsp3) is 0.833. The van der Waals surface area contributed by atoms with Gasteiger partial charge in [-0.25, -0.2) is 0 Å². The molecule has 4 nitrogen and oxygen atoms in total. The lowest BCUT2D eigenvalue weighted by atomic mass is 9.75. The van der Waals surface area contributed by atoms with Gasteiger partial charge in [0.05, 0.1) is 5.54 Å². The zero-order valence-corrected chi connectivity index (χ0v) is 10.8. The third-order valence-electron chi connectivity index (χ3n) is 3.81. The van der Waals surface area contributed by atoms with E-state index in [2.05, 4.69) is 21.6 Å². The molecule has 1 aliphatic rings. The van der Waals surface area contributed by atoms with Gasteiger partial charge in [0, 0.05) is 0 Å². The highest BCUT2D eigenvalue weighted by Gasteiger charge is 2.42. The van der Waals surface area contributed by atoms with Gasteiger partial charge < -0.3 is 10.3 Å². The molecule has 108 valence electrons. The van der Waals surface area contributed by atoms with Gasteiger partial charge in [-0.3, -0.25) is 0 Å². The average molecular weight is 277 g/mol. The lowest BCUT2D eigenvalue weighted by molar-refractivity contribution is -0.159. The largest absolute Gasteiger partial charge is 0.471 e. The second kappa shape index (κ2) is 5.11. The number of aromatic nitrogens is 2. The van der Waals surface area contributed by atoms with E-state index >= 15 is 0 Å². The normalized spacial score (nSPS) is 28.6. The van der Waals surface area contributed by atoms with Crippen molar-refractivity contribution in [2.45, 2.75) is 57.2 Å². The van der Waals surface area contributed by atoms with Gasteiger partial charge in [0.15, 0.2) is 5.82 Å². The predicted molar refractivity (Wildman–Crippen MR) is 62.0 cm³/mol. The van der Waals surface area contributed by atoms with Crippen LogP contribution in [0.4, 0.5) is 13.2 Å². The smallest absolute Gasteiger partial charge is 0.329 e. The highest BCUT2D eigenvalue weighted by atomic mass is 19.4. The van der Waals surface area contributed by atoms with E-state index < -0.39 is 17.6 Å². The molecule has 0 aliphatic heterocycles. The molecule has 1 fully saturated rings. The summed E-state index contributed by atoms with van der Waals surface area (Å²) < 4.78 is 41.5. The Hall–Kier alpha value is -1.11. The van der Waals surface area contributed by atoms with E-state index in [0.29, 0.717) is 18.8 Å². The molecule has 0 unspecified atom stereocenters. The molecule has 19 heavy (non-hydrogen) atoms. The zero-order chi connectivity index (χ0) is 14.1. The van der Waals surface area contributed by atoms with Crippen molar-refractivity contribution >= 4 is 0 Å². The van der Waals surface area contributed by atoms with E-state index in [-0.39, 0.29) is 5.82 Å². The van der Waals surface area contributed by atoms with Crippen molar-refractivity contribution in [2.75, 3.05) is 0 Å². The van der Waals surface area contributed by atoms with Crippen LogP contribution in [0.2, 0.25) is 0 Å². The molecule has 0 aromatic carbocycles. The molecule has 0 amide bonds. The van der Waals surface area contributed by atoms with Gasteiger partial charge in [-0.15, -0.1) is 0 Å². The van der Waals surface area contributed by atoms with Crippen molar-refractivity contribution in [1.82, 2.24) is 10.1 Å². The van der Waals surface area contributed by atoms with E-state index in [1.54, 1.807) is 0 Å². The number of alkyl halides is 3. The summed E-state index contributed by atoms with van der Waals surface area (Å²) in [4.78, 5) is 3.42. The Morgan fingerprint density at radius 3 is 2.47 bits per heavy atom. The topological polar surface area (TPSA) is 64.9 Å². The summed E-state index contributed by atoms with van der Waals surface area (Å²) in [7, 11) is 0. The first kappa shape index (κ1) is 14.3. The van der Waals surface area contributed by atoms with E-state index in [0.717, 1.165) is 25.7 Å². The fourth-order valence-electron chi connectivity index (χ4n) is 2.65. The minimum atomic E-state index is -4.61. The monoisotopic (exact) mass is 277 g/mol. The summed E-state index contributed by atoms with van der Waals surface area (Å²) in [5, 5.41) is 3.42. The zero-order valence-electron chi connectivity index (χ0n) is 10.8. The van der Waals surface area contributed by atoms with Gasteiger partial charge >= 0.3 is 12.1 Å². The number of nitrogens with two attached hydrogens (primary N) is 1. The Bertz CT molecular complexity index is 422. The number of rotatable bonds is 3. The molecule has 0 bridgehead atoms. The molecule has 2 rings (SSSR count). The molecule has 0 spiro atoms. The first-order valence-electron chi connectivity index (χ1n) is 6.55. The molecule has 7 heteroatoms. The maximum absolute atomic E-state index is 12.4. The van der Waals surface area contributed by atoms with Gasteiger partial charge in [0.25, 0.3) is 0 Å². The van der Waals surface area contributed by atoms with Crippen LogP contribution in [0.3, 0.4) is 0 Å². The molecule has 1 aromatic rings. The number of halogens is 3. The number of hydrogen-bond donors (Lipinski definition) is 1. The molecule has 0 saturated heterocycles. The highest BCUT2D eigenvalue weighted by Crippen LogP contribution is 2.39. The van der Waals surface area contributed by atoms with Crippen LogP contribution in [0.1, 0.15) is 57.2 Å². The van der Waals surface area contributed by atoms with Gasteiger partial charge in [-0.05, 0) is 31.6 Å². The van der Waals surface area contributed by atoms with Gasteiger partial charge in [0.2, 0.25) is 0 Å². The van der Waals surface area contributed by atoms with Crippen LogP contribution in [0, 0.1) is 5.92 Å². The van der Waals surface area contributed by atoms with E-state index in [9.17, 15) is 13.2 Å².